The van der Waals surface area contributed by atoms with Crippen LogP contribution >= 0.6 is 0 Å². The van der Waals surface area contributed by atoms with Crippen LogP contribution in [0, 0.1) is 17.3 Å². The number of benzene rings is 1. The number of aliphatic hydroxyl groups is 1. The fourth-order valence-electron chi connectivity index (χ4n) is 6.08. The number of hydrogen-bond donors (Lipinski definition) is 3. The minimum Gasteiger partial charge on any atom is -0.508 e. The lowest BCUT2D eigenvalue weighted by Crippen LogP contribution is -2.43. The van der Waals surface area contributed by atoms with Crippen molar-refractivity contribution in [2.24, 2.45) is 17.3 Å². The molecule has 3 aliphatic carbocycles. The molecule has 1 aromatic carbocycles. The monoisotopic (exact) mass is 402 g/mol. The summed E-state index contributed by atoms with van der Waals surface area (Å²) in [4.78, 5) is 20.3. The van der Waals surface area contributed by atoms with E-state index in [1.165, 1.54) is 30.4 Å². The number of aromatic hydroxyl groups is 1. The van der Waals surface area contributed by atoms with Crippen molar-refractivity contribution < 1.29 is 24.9 Å². The number of carbonyl (C=O) groups is 2. The number of phenolic OH excluding ortho intramolecular Hbond substituents is 1. The molecule has 0 radical (unpaired) electrons. The van der Waals surface area contributed by atoms with Crippen molar-refractivity contribution in [3.63, 3.8) is 0 Å². The molecule has 5 heteroatoms. The lowest BCUT2D eigenvalue weighted by Gasteiger charge is -2.50. The average molecular weight is 403 g/mol. The maximum Gasteiger partial charge on any atom is 0.310 e. The molecule has 2 saturated carbocycles. The van der Waals surface area contributed by atoms with Crippen LogP contribution < -0.4 is 0 Å². The zero-order valence-corrected chi connectivity index (χ0v) is 17.6. The Labute approximate surface area is 173 Å². The quantitative estimate of drug-likeness (QED) is 0.647. The Kier molecular flexibility index (Phi) is 6.67. The summed E-state index contributed by atoms with van der Waals surface area (Å²) in [7, 11) is 0. The number of carbonyl (C=O) groups excluding carboxylic acids is 1. The summed E-state index contributed by atoms with van der Waals surface area (Å²) < 4.78 is 0. The van der Waals surface area contributed by atoms with Crippen LogP contribution in [0.15, 0.2) is 18.2 Å². The summed E-state index contributed by atoms with van der Waals surface area (Å²) in [5.41, 5.74) is 2.99. The second-order valence-corrected chi connectivity index (χ2v) is 9.30. The number of Topliss-reactive ketones (excluding diaryl/α,β-unsaturated/α-hetero) is 1. The second-order valence-electron chi connectivity index (χ2n) is 9.30. The van der Waals surface area contributed by atoms with Gasteiger partial charge in [0.05, 0.1) is 6.10 Å². The van der Waals surface area contributed by atoms with Gasteiger partial charge in [-0.05, 0) is 91.4 Å². The van der Waals surface area contributed by atoms with Crippen LogP contribution in [0.5, 0.6) is 5.75 Å². The van der Waals surface area contributed by atoms with Gasteiger partial charge in [0, 0.05) is 6.42 Å². The molecule has 0 aromatic heterocycles. The van der Waals surface area contributed by atoms with Gasteiger partial charge in [-0.3, -0.25) is 9.59 Å². The Balaban J connectivity index is 0.000000229. The number of carboxylic acid groups (broad SMARTS) is 1. The highest BCUT2D eigenvalue weighted by Gasteiger charge is 2.54. The summed E-state index contributed by atoms with van der Waals surface area (Å²) >= 11 is 0. The number of aryl methyl sites for hydroxylation is 1. The highest BCUT2D eigenvalue weighted by Crippen LogP contribution is 2.60. The maximum atomic E-state index is 10.5. The van der Waals surface area contributed by atoms with Crippen LogP contribution in [0.1, 0.15) is 82.3 Å². The SMILES string of the molecule is CCCC(=O)CC(=O)O.C[C@]12CC[C@@H]3c4ccc(O)cc4CC[C@H]3[C@@H]1CC[C@@H]2O. The van der Waals surface area contributed by atoms with E-state index in [-0.39, 0.29) is 23.7 Å². The molecule has 3 aliphatic rings. The molecule has 3 N–H and O–H groups in total. The number of aliphatic hydroxyl groups excluding tert-OH is 1. The second kappa shape index (κ2) is 8.86. The zero-order chi connectivity index (χ0) is 21.2. The van der Waals surface area contributed by atoms with Gasteiger partial charge in [0.25, 0.3) is 0 Å². The molecule has 0 amide bonds. The van der Waals surface area contributed by atoms with Gasteiger partial charge in [-0.2, -0.15) is 0 Å². The van der Waals surface area contributed by atoms with Crippen molar-refractivity contribution >= 4 is 11.8 Å². The summed E-state index contributed by atoms with van der Waals surface area (Å²) in [6.45, 7) is 4.16. The summed E-state index contributed by atoms with van der Waals surface area (Å²) in [6.07, 6.45) is 7.56. The normalized spacial score (nSPS) is 32.2. The minimum absolute atomic E-state index is 0.0883. The average Bonchev–Trinajstić information content (AvgIpc) is 2.96. The van der Waals surface area contributed by atoms with E-state index in [1.54, 1.807) is 0 Å². The minimum atomic E-state index is -1.03. The molecule has 0 aliphatic heterocycles. The third-order valence-corrected chi connectivity index (χ3v) is 7.54. The van der Waals surface area contributed by atoms with Crippen molar-refractivity contribution in [3.05, 3.63) is 29.3 Å². The molecule has 0 heterocycles. The molecule has 0 saturated heterocycles. The molecule has 0 spiro atoms. The number of ketones is 1. The molecule has 2 fully saturated rings. The van der Waals surface area contributed by atoms with Gasteiger partial charge in [-0.1, -0.05) is 19.9 Å². The zero-order valence-electron chi connectivity index (χ0n) is 17.6. The van der Waals surface area contributed by atoms with Gasteiger partial charge in [0.15, 0.2) is 0 Å². The summed E-state index contributed by atoms with van der Waals surface area (Å²) in [5.74, 6) is 1.27. The first-order valence-corrected chi connectivity index (χ1v) is 11.0. The van der Waals surface area contributed by atoms with E-state index in [1.807, 2.05) is 19.1 Å². The van der Waals surface area contributed by atoms with E-state index in [0.29, 0.717) is 24.0 Å². The van der Waals surface area contributed by atoms with E-state index in [2.05, 4.69) is 13.0 Å². The highest BCUT2D eigenvalue weighted by molar-refractivity contribution is 5.94. The summed E-state index contributed by atoms with van der Waals surface area (Å²) in [6, 6.07) is 5.96. The third-order valence-electron chi connectivity index (χ3n) is 7.54. The number of aliphatic carboxylic acids is 1. The van der Waals surface area contributed by atoms with E-state index >= 15 is 0 Å². The Bertz CT molecular complexity index is 758. The van der Waals surface area contributed by atoms with Crippen molar-refractivity contribution in [1.82, 2.24) is 0 Å². The van der Waals surface area contributed by atoms with Crippen molar-refractivity contribution in [1.29, 1.82) is 0 Å². The van der Waals surface area contributed by atoms with Gasteiger partial charge < -0.3 is 15.3 Å². The fourth-order valence-corrected chi connectivity index (χ4v) is 6.08. The number of carboxylic acids is 1. The third kappa shape index (κ3) is 4.50. The predicted molar refractivity (Wildman–Crippen MR) is 111 cm³/mol. The Morgan fingerprint density at radius 1 is 1.17 bits per heavy atom. The first kappa shape index (κ1) is 21.8. The van der Waals surface area contributed by atoms with E-state index in [4.69, 9.17) is 5.11 Å². The lowest BCUT2D eigenvalue weighted by molar-refractivity contribution is -0.140. The van der Waals surface area contributed by atoms with Gasteiger partial charge in [-0.25, -0.2) is 0 Å². The summed E-state index contributed by atoms with van der Waals surface area (Å²) in [5, 5.41) is 28.1. The molecule has 4 rings (SSSR count). The smallest absolute Gasteiger partial charge is 0.310 e. The van der Waals surface area contributed by atoms with Crippen LogP contribution in [-0.2, 0) is 16.0 Å². The molecule has 29 heavy (non-hydrogen) atoms. The molecule has 160 valence electrons. The molecular formula is C24H34O5. The standard InChI is InChI=1S/C18H24O2.C6H10O3/c1-18-9-8-14-13-5-3-12(19)10-11(13)2-4-15(14)16(18)6-7-17(18)20;1-2-3-5(7)4-6(8)9/h3,5,10,14-17,19-20H,2,4,6-9H2,1H3;2-4H2,1H3,(H,8,9)/t14-,15-,16+,17+,18+;/m1./s1. The van der Waals surface area contributed by atoms with Crippen molar-refractivity contribution in [2.75, 3.05) is 0 Å². The van der Waals surface area contributed by atoms with Crippen LogP contribution in [0.3, 0.4) is 0 Å². The van der Waals surface area contributed by atoms with E-state index < -0.39 is 5.97 Å². The Morgan fingerprint density at radius 2 is 1.93 bits per heavy atom. The van der Waals surface area contributed by atoms with Crippen molar-refractivity contribution in [3.8, 4) is 5.75 Å². The fraction of sp³-hybridized carbons (Fsp3) is 0.667. The Hall–Kier alpha value is -1.88. The molecule has 5 nitrogen and oxygen atoms in total. The number of phenols is 1. The first-order chi connectivity index (χ1) is 13.8. The molecule has 1 aromatic rings. The molecular weight excluding hydrogens is 368 g/mol. The van der Waals surface area contributed by atoms with Crippen LogP contribution in [0.2, 0.25) is 0 Å². The van der Waals surface area contributed by atoms with Crippen molar-refractivity contribution in [2.45, 2.75) is 83.7 Å². The number of rotatable bonds is 4. The number of fused-ring (bicyclic) bond motifs is 5. The largest absolute Gasteiger partial charge is 0.508 e. The van der Waals surface area contributed by atoms with Gasteiger partial charge >= 0.3 is 5.97 Å². The van der Waals surface area contributed by atoms with Gasteiger partial charge in [-0.15, -0.1) is 0 Å². The highest BCUT2D eigenvalue weighted by atomic mass is 16.4. The van der Waals surface area contributed by atoms with Gasteiger partial charge in [0.1, 0.15) is 18.0 Å². The van der Waals surface area contributed by atoms with Gasteiger partial charge in [0.2, 0.25) is 0 Å². The number of hydrogen-bond acceptors (Lipinski definition) is 4. The van der Waals surface area contributed by atoms with Crippen LogP contribution in [0.4, 0.5) is 0 Å². The van der Waals surface area contributed by atoms with Crippen LogP contribution in [0.25, 0.3) is 0 Å². The maximum absolute atomic E-state index is 10.5. The van der Waals surface area contributed by atoms with E-state index in [0.717, 1.165) is 31.6 Å². The predicted octanol–water partition coefficient (Wildman–Crippen LogP) is 4.44. The molecule has 0 bridgehead atoms. The molecule has 5 atom stereocenters. The topological polar surface area (TPSA) is 94.8 Å². The van der Waals surface area contributed by atoms with E-state index in [9.17, 15) is 19.8 Å². The Morgan fingerprint density at radius 3 is 2.62 bits per heavy atom. The molecule has 0 unspecified atom stereocenters. The first-order valence-electron chi connectivity index (χ1n) is 11.0. The lowest BCUT2D eigenvalue weighted by atomic mass is 9.55. The van der Waals surface area contributed by atoms with Crippen LogP contribution in [-0.4, -0.2) is 33.2 Å².